The molecule has 3 aromatic rings. The molecular formula is C17H19FN8O3S. The summed E-state index contributed by atoms with van der Waals surface area (Å²) < 4.78 is 47.9. The van der Waals surface area contributed by atoms with Crippen molar-refractivity contribution in [3.63, 3.8) is 0 Å². The van der Waals surface area contributed by atoms with Crippen LogP contribution in [0.5, 0.6) is 0 Å². The molecule has 4 rings (SSSR count). The molecule has 30 heavy (non-hydrogen) atoms. The Morgan fingerprint density at radius 3 is 2.50 bits per heavy atom. The van der Waals surface area contributed by atoms with Gasteiger partial charge in [-0.3, -0.25) is 4.72 Å². The first-order valence-electron chi connectivity index (χ1n) is 9.09. The SMILES string of the molecule is Cc1nc(N2CCOCC2)nc(C)c1NS(=O)(=O)c1ccc(F)c(-c2nn[nH]n2)c1. The number of morpholine rings is 1. The van der Waals surface area contributed by atoms with Gasteiger partial charge in [-0.05, 0) is 37.3 Å². The summed E-state index contributed by atoms with van der Waals surface area (Å²) in [7, 11) is -4.04. The largest absolute Gasteiger partial charge is 0.378 e. The normalized spacial score (nSPS) is 14.7. The highest BCUT2D eigenvalue weighted by atomic mass is 32.2. The third-order valence-corrected chi connectivity index (χ3v) is 5.97. The monoisotopic (exact) mass is 434 g/mol. The fraction of sp³-hybridized carbons (Fsp3) is 0.353. The number of halogens is 1. The maximum absolute atomic E-state index is 14.1. The number of H-pyrrole nitrogens is 1. The van der Waals surface area contributed by atoms with Crippen LogP contribution in [-0.2, 0) is 14.8 Å². The number of tetrazole rings is 1. The standard InChI is InChI=1S/C17H19FN8O3S/c1-10-15(11(2)20-17(19-10)26-5-7-29-8-6-26)23-30(27,28)12-3-4-14(18)13(9-12)16-21-24-25-22-16/h3-4,9,23H,5-8H2,1-2H3,(H,21,22,24,25). The highest BCUT2D eigenvalue weighted by Crippen LogP contribution is 2.27. The van der Waals surface area contributed by atoms with Crippen molar-refractivity contribution in [2.75, 3.05) is 35.9 Å². The molecule has 13 heteroatoms. The van der Waals surface area contributed by atoms with E-state index in [1.54, 1.807) is 13.8 Å². The number of ether oxygens (including phenoxy) is 1. The molecule has 1 aliphatic heterocycles. The molecule has 11 nitrogen and oxygen atoms in total. The van der Waals surface area contributed by atoms with Crippen molar-refractivity contribution in [1.29, 1.82) is 0 Å². The zero-order valence-electron chi connectivity index (χ0n) is 16.3. The lowest BCUT2D eigenvalue weighted by atomic mass is 10.2. The van der Waals surface area contributed by atoms with E-state index in [0.29, 0.717) is 43.6 Å². The Balaban J connectivity index is 1.64. The molecule has 0 bridgehead atoms. The second kappa shape index (κ2) is 7.91. The van der Waals surface area contributed by atoms with Gasteiger partial charge >= 0.3 is 0 Å². The van der Waals surface area contributed by atoms with Gasteiger partial charge < -0.3 is 9.64 Å². The summed E-state index contributed by atoms with van der Waals surface area (Å²) in [5.74, 6) is -0.187. The molecule has 0 radical (unpaired) electrons. The van der Waals surface area contributed by atoms with E-state index >= 15 is 0 Å². The maximum atomic E-state index is 14.1. The molecule has 2 aromatic heterocycles. The Morgan fingerprint density at radius 1 is 1.17 bits per heavy atom. The molecular weight excluding hydrogens is 415 g/mol. The summed E-state index contributed by atoms with van der Waals surface area (Å²) in [5.41, 5.74) is 1.15. The molecule has 1 aromatic carbocycles. The highest BCUT2D eigenvalue weighted by molar-refractivity contribution is 7.92. The smallest absolute Gasteiger partial charge is 0.262 e. The summed E-state index contributed by atoms with van der Waals surface area (Å²) in [6.07, 6.45) is 0. The van der Waals surface area contributed by atoms with Crippen LogP contribution >= 0.6 is 0 Å². The molecule has 0 unspecified atom stereocenters. The summed E-state index contributed by atoms with van der Waals surface area (Å²) in [5, 5.41) is 13.0. The van der Waals surface area contributed by atoms with Crippen LogP contribution in [0.4, 0.5) is 16.0 Å². The van der Waals surface area contributed by atoms with Gasteiger partial charge in [0, 0.05) is 13.1 Å². The van der Waals surface area contributed by atoms with Gasteiger partial charge in [0.2, 0.25) is 11.8 Å². The number of benzene rings is 1. The van der Waals surface area contributed by atoms with Crippen LogP contribution in [0.15, 0.2) is 23.1 Å². The first-order valence-corrected chi connectivity index (χ1v) is 10.6. The fourth-order valence-corrected chi connectivity index (χ4v) is 4.27. The van der Waals surface area contributed by atoms with Crippen LogP contribution in [0.1, 0.15) is 11.4 Å². The Hall–Kier alpha value is -3.19. The molecule has 1 fully saturated rings. The van der Waals surface area contributed by atoms with E-state index in [0.717, 1.165) is 18.2 Å². The molecule has 0 aliphatic carbocycles. The van der Waals surface area contributed by atoms with Crippen molar-refractivity contribution < 1.29 is 17.5 Å². The van der Waals surface area contributed by atoms with E-state index in [4.69, 9.17) is 4.74 Å². The van der Waals surface area contributed by atoms with Crippen LogP contribution < -0.4 is 9.62 Å². The van der Waals surface area contributed by atoms with Crippen LogP contribution in [0.3, 0.4) is 0 Å². The van der Waals surface area contributed by atoms with Gasteiger partial charge in [-0.2, -0.15) is 5.21 Å². The quantitative estimate of drug-likeness (QED) is 0.603. The number of aromatic amines is 1. The Kier molecular flexibility index (Phi) is 5.30. The van der Waals surface area contributed by atoms with Crippen molar-refractivity contribution in [3.8, 4) is 11.4 Å². The van der Waals surface area contributed by atoms with E-state index < -0.39 is 15.8 Å². The number of aryl methyl sites for hydroxylation is 2. The molecule has 0 amide bonds. The average Bonchev–Trinajstić information content (AvgIpc) is 3.26. The third-order valence-electron chi connectivity index (χ3n) is 4.62. The second-order valence-electron chi connectivity index (χ2n) is 6.65. The lowest BCUT2D eigenvalue weighted by Crippen LogP contribution is -2.37. The Bertz CT molecular complexity index is 1140. The summed E-state index contributed by atoms with van der Waals surface area (Å²) in [6, 6.07) is 3.35. The lowest BCUT2D eigenvalue weighted by Gasteiger charge is -2.27. The van der Waals surface area contributed by atoms with E-state index in [2.05, 4.69) is 35.3 Å². The van der Waals surface area contributed by atoms with Gasteiger partial charge in [0.1, 0.15) is 5.82 Å². The van der Waals surface area contributed by atoms with Crippen LogP contribution in [0.2, 0.25) is 0 Å². The molecule has 158 valence electrons. The van der Waals surface area contributed by atoms with Gasteiger partial charge in [-0.1, -0.05) is 0 Å². The van der Waals surface area contributed by atoms with Gasteiger partial charge in [-0.15, -0.1) is 10.2 Å². The second-order valence-corrected chi connectivity index (χ2v) is 8.33. The predicted molar refractivity (Wildman–Crippen MR) is 105 cm³/mol. The zero-order valence-corrected chi connectivity index (χ0v) is 17.1. The first kappa shape index (κ1) is 20.1. The lowest BCUT2D eigenvalue weighted by molar-refractivity contribution is 0.122. The minimum Gasteiger partial charge on any atom is -0.378 e. The molecule has 0 atom stereocenters. The van der Waals surface area contributed by atoms with Gasteiger partial charge in [0.25, 0.3) is 10.0 Å². The number of anilines is 2. The van der Waals surface area contributed by atoms with E-state index in [9.17, 15) is 12.8 Å². The van der Waals surface area contributed by atoms with Crippen molar-refractivity contribution in [1.82, 2.24) is 30.6 Å². The molecule has 2 N–H and O–H groups in total. The van der Waals surface area contributed by atoms with Crippen molar-refractivity contribution in [2.45, 2.75) is 18.7 Å². The molecule has 1 aliphatic rings. The van der Waals surface area contributed by atoms with Crippen molar-refractivity contribution >= 4 is 21.7 Å². The van der Waals surface area contributed by atoms with Gasteiger partial charge in [0.15, 0.2) is 0 Å². The number of hydrogen-bond acceptors (Lipinski definition) is 9. The van der Waals surface area contributed by atoms with Crippen LogP contribution in [0, 0.1) is 19.7 Å². The average molecular weight is 434 g/mol. The van der Waals surface area contributed by atoms with Gasteiger partial charge in [0.05, 0.1) is 40.7 Å². The number of sulfonamides is 1. The zero-order chi connectivity index (χ0) is 21.3. The number of nitrogens with zero attached hydrogens (tertiary/aromatic N) is 6. The van der Waals surface area contributed by atoms with Crippen LogP contribution in [-0.4, -0.2) is 65.3 Å². The summed E-state index contributed by atoms with van der Waals surface area (Å²) in [6.45, 7) is 5.90. The molecule has 3 heterocycles. The highest BCUT2D eigenvalue weighted by Gasteiger charge is 2.23. The van der Waals surface area contributed by atoms with Crippen molar-refractivity contribution in [3.05, 3.63) is 35.4 Å². The summed E-state index contributed by atoms with van der Waals surface area (Å²) in [4.78, 5) is 10.7. The number of rotatable bonds is 5. The topological polar surface area (TPSA) is 139 Å². The molecule has 0 spiro atoms. The number of hydrogen-bond donors (Lipinski definition) is 2. The number of aromatic nitrogens is 6. The molecule has 0 saturated carbocycles. The van der Waals surface area contributed by atoms with E-state index in [1.165, 1.54) is 0 Å². The maximum Gasteiger partial charge on any atom is 0.262 e. The van der Waals surface area contributed by atoms with Gasteiger partial charge in [-0.25, -0.2) is 22.8 Å². The minimum atomic E-state index is -4.04. The fourth-order valence-electron chi connectivity index (χ4n) is 3.06. The van der Waals surface area contributed by atoms with Crippen molar-refractivity contribution in [2.24, 2.45) is 0 Å². The minimum absolute atomic E-state index is 0.0462. The first-order chi connectivity index (χ1) is 14.3. The van der Waals surface area contributed by atoms with E-state index in [-0.39, 0.29) is 22.0 Å². The summed E-state index contributed by atoms with van der Waals surface area (Å²) >= 11 is 0. The number of nitrogens with one attached hydrogen (secondary N) is 2. The predicted octanol–water partition coefficient (Wildman–Crippen LogP) is 1.05. The molecule has 1 saturated heterocycles. The Morgan fingerprint density at radius 2 is 1.87 bits per heavy atom. The Labute approximate surface area is 171 Å². The van der Waals surface area contributed by atoms with Crippen LogP contribution in [0.25, 0.3) is 11.4 Å². The van der Waals surface area contributed by atoms with E-state index in [1.807, 2.05) is 4.90 Å². The third kappa shape index (κ3) is 3.93.